The highest BCUT2D eigenvalue weighted by atomic mass is 32.1. The van der Waals surface area contributed by atoms with Crippen LogP contribution in [0, 0.1) is 0 Å². The molecule has 0 aliphatic carbocycles. The molecule has 0 unspecified atom stereocenters. The molecule has 2 saturated heterocycles. The Morgan fingerprint density at radius 2 is 2.07 bits per heavy atom. The number of rotatable bonds is 5. The van der Waals surface area contributed by atoms with Gasteiger partial charge in [-0.1, -0.05) is 23.5 Å². The first-order valence-corrected chi connectivity index (χ1v) is 10.5. The summed E-state index contributed by atoms with van der Waals surface area (Å²) in [7, 11) is 0. The maximum absolute atomic E-state index is 11.6. The molecular weight excluding hydrogens is 372 g/mol. The van der Waals surface area contributed by atoms with Gasteiger partial charge in [0.2, 0.25) is 5.91 Å². The topological polar surface area (TPSA) is 58.6 Å². The Kier molecular flexibility index (Phi) is 4.49. The monoisotopic (exact) mass is 394 g/mol. The van der Waals surface area contributed by atoms with E-state index in [0.29, 0.717) is 17.3 Å². The van der Waals surface area contributed by atoms with Gasteiger partial charge in [-0.15, -0.1) is 0 Å². The lowest BCUT2D eigenvalue weighted by Crippen LogP contribution is -2.48. The zero-order valence-corrected chi connectivity index (χ0v) is 16.6. The molecule has 2 aromatic heterocycles. The van der Waals surface area contributed by atoms with Crippen LogP contribution >= 0.6 is 11.3 Å². The highest BCUT2D eigenvalue weighted by molar-refractivity contribution is 7.19. The van der Waals surface area contributed by atoms with Crippen molar-refractivity contribution in [3.05, 3.63) is 48.2 Å². The number of amides is 1. The maximum Gasteiger partial charge on any atom is 0.281 e. The first kappa shape index (κ1) is 17.6. The number of benzene rings is 1. The normalized spacial score (nSPS) is 21.5. The zero-order chi connectivity index (χ0) is 19.1. The summed E-state index contributed by atoms with van der Waals surface area (Å²) in [6, 6.07) is 13.0. The van der Waals surface area contributed by atoms with Crippen LogP contribution in [0.2, 0.25) is 0 Å². The number of pyridine rings is 1. The Hall–Kier alpha value is -2.51. The van der Waals surface area contributed by atoms with E-state index in [1.54, 1.807) is 13.1 Å². The Morgan fingerprint density at radius 1 is 1.21 bits per heavy atom. The van der Waals surface area contributed by atoms with E-state index in [-0.39, 0.29) is 5.91 Å². The average Bonchev–Trinajstić information content (AvgIpc) is 3.40. The van der Waals surface area contributed by atoms with Gasteiger partial charge in [0.1, 0.15) is 16.1 Å². The predicted molar refractivity (Wildman–Crippen MR) is 109 cm³/mol. The van der Waals surface area contributed by atoms with Crippen LogP contribution in [0.3, 0.4) is 0 Å². The molecule has 0 radical (unpaired) electrons. The van der Waals surface area contributed by atoms with E-state index >= 15 is 0 Å². The molecule has 0 saturated carbocycles. The molecule has 0 spiro atoms. The summed E-state index contributed by atoms with van der Waals surface area (Å²) < 4.78 is 5.89. The third kappa shape index (κ3) is 3.36. The summed E-state index contributed by atoms with van der Waals surface area (Å²) in [5.74, 6) is 1.01. The molecular formula is C21H22N4O2S. The fourth-order valence-electron chi connectivity index (χ4n) is 4.30. The third-order valence-corrected chi connectivity index (χ3v) is 6.58. The van der Waals surface area contributed by atoms with Crippen molar-refractivity contribution in [3.8, 4) is 10.9 Å². The van der Waals surface area contributed by atoms with Gasteiger partial charge in [-0.25, -0.2) is 9.97 Å². The van der Waals surface area contributed by atoms with Gasteiger partial charge >= 0.3 is 0 Å². The second-order valence-corrected chi connectivity index (χ2v) is 8.45. The molecule has 1 aromatic carbocycles. The van der Waals surface area contributed by atoms with E-state index in [4.69, 9.17) is 4.74 Å². The van der Waals surface area contributed by atoms with Gasteiger partial charge in [0.25, 0.3) is 5.19 Å². The molecule has 4 heterocycles. The summed E-state index contributed by atoms with van der Waals surface area (Å²) in [6.07, 6.45) is 3.90. The van der Waals surface area contributed by atoms with E-state index < -0.39 is 0 Å². The van der Waals surface area contributed by atoms with Gasteiger partial charge in [0, 0.05) is 44.8 Å². The van der Waals surface area contributed by atoms with Gasteiger partial charge in [-0.2, -0.15) is 0 Å². The van der Waals surface area contributed by atoms with E-state index in [9.17, 15) is 4.79 Å². The number of thiazole rings is 1. The highest BCUT2D eigenvalue weighted by Gasteiger charge is 2.43. The Balaban J connectivity index is 1.17. The van der Waals surface area contributed by atoms with Gasteiger partial charge in [0.05, 0.1) is 0 Å². The van der Waals surface area contributed by atoms with Crippen LogP contribution in [0.1, 0.15) is 18.9 Å². The van der Waals surface area contributed by atoms with E-state index in [1.807, 2.05) is 29.2 Å². The lowest BCUT2D eigenvalue weighted by atomic mass is 10.1. The number of hydrogen-bond acceptors (Lipinski definition) is 6. The summed E-state index contributed by atoms with van der Waals surface area (Å²) in [5.41, 5.74) is 2.16. The molecule has 28 heavy (non-hydrogen) atoms. The molecule has 144 valence electrons. The molecule has 2 aliphatic rings. The number of nitrogens with zero attached hydrogens (tertiary/aromatic N) is 4. The van der Waals surface area contributed by atoms with Gasteiger partial charge in [0.15, 0.2) is 0 Å². The van der Waals surface area contributed by atoms with Crippen LogP contribution < -0.4 is 4.74 Å². The standard InChI is InChI=1S/C21H22N4O2S/c1-14(26)25-13-16-11-17(25)12-24(16)10-8-15-4-6-18(7-5-15)27-21-23-19-3-2-9-22-20(19)28-21/h2-7,9,16-17H,8,10-13H2,1H3/t16-,17-/m1/s1. The van der Waals surface area contributed by atoms with Gasteiger partial charge < -0.3 is 9.64 Å². The van der Waals surface area contributed by atoms with Crippen LogP contribution in [0.5, 0.6) is 10.9 Å². The minimum atomic E-state index is 0.214. The Morgan fingerprint density at radius 3 is 2.79 bits per heavy atom. The van der Waals surface area contributed by atoms with Crippen molar-refractivity contribution in [2.24, 2.45) is 0 Å². The number of carbonyl (C=O) groups is 1. The molecule has 2 atom stereocenters. The van der Waals surface area contributed by atoms with Crippen molar-refractivity contribution in [1.29, 1.82) is 0 Å². The highest BCUT2D eigenvalue weighted by Crippen LogP contribution is 2.32. The van der Waals surface area contributed by atoms with Crippen LogP contribution in [-0.2, 0) is 11.2 Å². The third-order valence-electron chi connectivity index (χ3n) is 5.72. The summed E-state index contributed by atoms with van der Waals surface area (Å²) in [5, 5.41) is 0.615. The van der Waals surface area contributed by atoms with E-state index in [2.05, 4.69) is 27.0 Å². The molecule has 2 fully saturated rings. The summed E-state index contributed by atoms with van der Waals surface area (Å²) in [4.78, 5) is 25.8. The Bertz CT molecular complexity index is 970. The van der Waals surface area contributed by atoms with Crippen LogP contribution in [0.25, 0.3) is 10.3 Å². The van der Waals surface area contributed by atoms with Crippen molar-refractivity contribution in [2.75, 3.05) is 19.6 Å². The van der Waals surface area contributed by atoms with Crippen LogP contribution in [-0.4, -0.2) is 57.4 Å². The molecule has 5 rings (SSSR count). The van der Waals surface area contributed by atoms with Crippen LogP contribution in [0.15, 0.2) is 42.6 Å². The molecule has 0 N–H and O–H groups in total. The number of aromatic nitrogens is 2. The number of carbonyl (C=O) groups excluding carboxylic acids is 1. The minimum absolute atomic E-state index is 0.214. The fraction of sp³-hybridized carbons (Fsp3) is 0.381. The van der Waals surface area contributed by atoms with Crippen molar-refractivity contribution in [2.45, 2.75) is 31.8 Å². The molecule has 2 aliphatic heterocycles. The Labute approximate surface area is 167 Å². The number of hydrogen-bond donors (Lipinski definition) is 0. The maximum atomic E-state index is 11.6. The summed E-state index contributed by atoms with van der Waals surface area (Å²) in [6.45, 7) is 4.62. The predicted octanol–water partition coefficient (Wildman–Crippen LogP) is 3.33. The largest absolute Gasteiger partial charge is 0.431 e. The van der Waals surface area contributed by atoms with Crippen molar-refractivity contribution >= 4 is 27.6 Å². The average molecular weight is 395 g/mol. The van der Waals surface area contributed by atoms with Crippen LogP contribution in [0.4, 0.5) is 0 Å². The number of fused-ring (bicyclic) bond motifs is 3. The molecule has 1 amide bonds. The molecule has 2 bridgehead atoms. The van der Waals surface area contributed by atoms with Gasteiger partial charge in [-0.3, -0.25) is 9.69 Å². The van der Waals surface area contributed by atoms with Crippen molar-refractivity contribution in [3.63, 3.8) is 0 Å². The number of piperazine rings is 1. The van der Waals surface area contributed by atoms with Crippen molar-refractivity contribution in [1.82, 2.24) is 19.8 Å². The number of ether oxygens (including phenoxy) is 1. The van der Waals surface area contributed by atoms with E-state index in [0.717, 1.165) is 48.6 Å². The molecule has 7 heteroatoms. The van der Waals surface area contributed by atoms with E-state index in [1.165, 1.54) is 16.9 Å². The first-order valence-electron chi connectivity index (χ1n) is 9.65. The quantitative estimate of drug-likeness (QED) is 0.664. The second-order valence-electron chi connectivity index (χ2n) is 7.51. The lowest BCUT2D eigenvalue weighted by Gasteiger charge is -2.33. The zero-order valence-electron chi connectivity index (χ0n) is 15.7. The lowest BCUT2D eigenvalue weighted by molar-refractivity contribution is -0.131. The summed E-state index contributed by atoms with van der Waals surface area (Å²) >= 11 is 1.45. The smallest absolute Gasteiger partial charge is 0.281 e. The van der Waals surface area contributed by atoms with Crippen molar-refractivity contribution < 1.29 is 9.53 Å². The first-order chi connectivity index (χ1) is 13.7. The minimum Gasteiger partial charge on any atom is -0.431 e. The SMILES string of the molecule is CC(=O)N1C[C@H]2C[C@@H]1CN2CCc1ccc(Oc2nc3cccnc3s2)cc1. The fourth-order valence-corrected chi connectivity index (χ4v) is 5.08. The number of likely N-dealkylation sites (tertiary alicyclic amines) is 2. The molecule has 3 aromatic rings. The molecule has 6 nitrogen and oxygen atoms in total. The second kappa shape index (κ2) is 7.14. The van der Waals surface area contributed by atoms with Gasteiger partial charge in [-0.05, 0) is 42.7 Å².